The lowest BCUT2D eigenvalue weighted by Crippen LogP contribution is -1.91. The first kappa shape index (κ1) is 20.0. The van der Waals surface area contributed by atoms with Gasteiger partial charge in [-0.3, -0.25) is 0 Å². The van der Waals surface area contributed by atoms with Crippen LogP contribution in [-0.2, 0) is 0 Å². The molecular formula is C46H30O. The van der Waals surface area contributed by atoms with Gasteiger partial charge in [0.25, 0.3) is 0 Å². The number of furan rings is 1. The molecule has 0 aliphatic heterocycles. The van der Waals surface area contributed by atoms with E-state index < -0.39 is 24.2 Å². The zero-order valence-corrected chi connectivity index (χ0v) is 25.1. The van der Waals surface area contributed by atoms with Gasteiger partial charge in [-0.25, -0.2) is 0 Å². The van der Waals surface area contributed by atoms with Crippen molar-refractivity contribution >= 4 is 32.5 Å². The van der Waals surface area contributed by atoms with E-state index in [-0.39, 0.29) is 51.3 Å². The summed E-state index contributed by atoms with van der Waals surface area (Å²) in [6, 6.07) is 39.4. The summed E-state index contributed by atoms with van der Waals surface area (Å²) in [6.45, 7) is 0. The quantitative estimate of drug-likeness (QED) is 0.178. The summed E-state index contributed by atoms with van der Waals surface area (Å²) >= 11 is 0. The highest BCUT2D eigenvalue weighted by atomic mass is 16.3. The maximum atomic E-state index is 9.49. The summed E-state index contributed by atoms with van der Waals surface area (Å²) in [5, 5.41) is 1.21. The molecule has 1 heteroatoms. The molecule has 0 unspecified atom stereocenters. The lowest BCUT2D eigenvalue weighted by molar-refractivity contribution is 0.632. The van der Waals surface area contributed by atoms with Gasteiger partial charge in [0.2, 0.25) is 0 Å². The molecule has 9 aromatic rings. The van der Waals surface area contributed by atoms with E-state index >= 15 is 0 Å². The fourth-order valence-electron chi connectivity index (χ4n) is 6.60. The third kappa shape index (κ3) is 4.64. The van der Waals surface area contributed by atoms with E-state index in [1.54, 1.807) is 24.3 Å². The fraction of sp³-hybridized carbons (Fsp3) is 0. The van der Waals surface area contributed by atoms with E-state index in [0.717, 1.165) is 22.3 Å². The van der Waals surface area contributed by atoms with Gasteiger partial charge in [0.15, 0.2) is 0 Å². The van der Waals surface area contributed by atoms with Crippen LogP contribution < -0.4 is 0 Å². The minimum Gasteiger partial charge on any atom is -0.455 e. The molecule has 9 rings (SSSR count). The van der Waals surface area contributed by atoms with Crippen molar-refractivity contribution in [3.63, 3.8) is 0 Å². The summed E-state index contributed by atoms with van der Waals surface area (Å²) in [4.78, 5) is 0. The van der Waals surface area contributed by atoms with Crippen LogP contribution in [0.3, 0.4) is 0 Å². The molecule has 0 fully saturated rings. The van der Waals surface area contributed by atoms with Gasteiger partial charge in [-0.05, 0) is 73.1 Å². The maximum Gasteiger partial charge on any atom is 0.143 e. The largest absolute Gasteiger partial charge is 0.455 e. The molecule has 0 spiro atoms. The first-order valence-corrected chi connectivity index (χ1v) is 15.4. The van der Waals surface area contributed by atoms with Crippen LogP contribution in [0.5, 0.6) is 0 Å². The average Bonchev–Trinajstić information content (AvgIpc) is 3.62. The van der Waals surface area contributed by atoms with Crippen molar-refractivity contribution in [2.75, 3.05) is 0 Å². The number of benzene rings is 8. The maximum absolute atomic E-state index is 9.49. The Labute approximate surface area is 285 Å². The molecule has 0 radical (unpaired) electrons. The highest BCUT2D eigenvalue weighted by Gasteiger charge is 2.24. The zero-order chi connectivity index (χ0) is 38.1. The van der Waals surface area contributed by atoms with Crippen LogP contribution in [0.2, 0.25) is 0 Å². The molecule has 0 N–H and O–H groups in total. The van der Waals surface area contributed by atoms with Crippen molar-refractivity contribution in [2.45, 2.75) is 0 Å². The van der Waals surface area contributed by atoms with Crippen molar-refractivity contribution in [3.05, 3.63) is 182 Å². The van der Waals surface area contributed by atoms with E-state index in [1.165, 1.54) is 0 Å². The summed E-state index contributed by atoms with van der Waals surface area (Å²) in [7, 11) is 0. The summed E-state index contributed by atoms with van der Waals surface area (Å²) in [5.41, 5.74) is 6.54. The number of hydrogen-bond acceptors (Lipinski definition) is 1. The minimum absolute atomic E-state index is 0.137. The predicted molar refractivity (Wildman–Crippen MR) is 198 cm³/mol. The lowest BCUT2D eigenvalue weighted by Gasteiger charge is -2.18. The van der Waals surface area contributed by atoms with E-state index in [2.05, 4.69) is 0 Å². The van der Waals surface area contributed by atoms with Crippen molar-refractivity contribution in [3.8, 4) is 55.8 Å². The molecule has 0 saturated carbocycles. The van der Waals surface area contributed by atoms with Crippen LogP contribution in [0.4, 0.5) is 0 Å². The molecule has 0 bridgehead atoms. The molecule has 1 aromatic heterocycles. The molecular weight excluding hydrogens is 569 g/mol. The number of fused-ring (bicyclic) bond motifs is 3. The smallest absolute Gasteiger partial charge is 0.143 e. The molecule has 0 aliphatic carbocycles. The van der Waals surface area contributed by atoms with Crippen LogP contribution in [0.1, 0.15) is 11.0 Å². The van der Waals surface area contributed by atoms with Gasteiger partial charge in [-0.2, -0.15) is 0 Å². The second-order valence-electron chi connectivity index (χ2n) is 11.4. The Morgan fingerprint density at radius 2 is 0.809 bits per heavy atom. The Bertz CT molecular complexity index is 2910. The van der Waals surface area contributed by atoms with E-state index in [4.69, 9.17) is 9.90 Å². The second-order valence-corrected chi connectivity index (χ2v) is 11.4. The Kier molecular flexibility index (Phi) is 4.83. The molecule has 0 atom stereocenters. The third-order valence-corrected chi connectivity index (χ3v) is 8.72. The number of hydrogen-bond donors (Lipinski definition) is 0. The van der Waals surface area contributed by atoms with Gasteiger partial charge in [0.05, 0.1) is 11.0 Å². The van der Waals surface area contributed by atoms with Crippen LogP contribution in [0, 0.1) is 0 Å². The SMILES string of the molecule is [2H]c1c([2H])c([2H])c2c(-c3c(-c4cccc(-c5ccccc5)c4)oc4cc(-c5ccccc5)ccc34)c3c([2H])c([2H])c([2H])c([2H])c3c(-c3ccccc3)c2c1[2H]. The molecule has 8 aromatic carbocycles. The van der Waals surface area contributed by atoms with Gasteiger partial charge in [0, 0.05) is 22.1 Å². The molecule has 1 nitrogen and oxygen atoms in total. The molecule has 47 heavy (non-hydrogen) atoms. The normalized spacial score (nSPS) is 13.8. The first-order valence-electron chi connectivity index (χ1n) is 19.4. The Balaban J connectivity index is 1.53. The summed E-state index contributed by atoms with van der Waals surface area (Å²) in [6.07, 6.45) is 0. The monoisotopic (exact) mass is 606 g/mol. The third-order valence-electron chi connectivity index (χ3n) is 8.72. The van der Waals surface area contributed by atoms with E-state index in [9.17, 15) is 5.48 Å². The van der Waals surface area contributed by atoms with Crippen molar-refractivity contribution in [2.24, 2.45) is 0 Å². The van der Waals surface area contributed by atoms with E-state index in [1.807, 2.05) is 109 Å². The van der Waals surface area contributed by atoms with Crippen LogP contribution in [0.15, 0.2) is 186 Å². The van der Waals surface area contributed by atoms with Gasteiger partial charge in [-0.15, -0.1) is 0 Å². The summed E-state index contributed by atoms with van der Waals surface area (Å²) < 4.78 is 80.0. The topological polar surface area (TPSA) is 13.1 Å². The highest BCUT2D eigenvalue weighted by molar-refractivity contribution is 6.25. The first-order chi connectivity index (χ1) is 26.7. The fourth-order valence-corrected chi connectivity index (χ4v) is 6.60. The molecule has 1 heterocycles. The zero-order valence-electron chi connectivity index (χ0n) is 33.1. The lowest BCUT2D eigenvalue weighted by atomic mass is 9.84. The molecule has 220 valence electrons. The molecule has 0 saturated heterocycles. The highest BCUT2D eigenvalue weighted by Crippen LogP contribution is 2.50. The van der Waals surface area contributed by atoms with E-state index in [0.29, 0.717) is 39.0 Å². The molecule has 0 amide bonds. The van der Waals surface area contributed by atoms with Crippen LogP contribution in [-0.4, -0.2) is 0 Å². The van der Waals surface area contributed by atoms with Crippen LogP contribution >= 0.6 is 0 Å². The Morgan fingerprint density at radius 3 is 1.38 bits per heavy atom. The number of rotatable bonds is 5. The Morgan fingerprint density at radius 1 is 0.340 bits per heavy atom. The minimum atomic E-state index is -0.454. The van der Waals surface area contributed by atoms with Gasteiger partial charge in [-0.1, -0.05) is 164 Å². The van der Waals surface area contributed by atoms with Crippen molar-refractivity contribution in [1.82, 2.24) is 0 Å². The average molecular weight is 607 g/mol. The van der Waals surface area contributed by atoms with Crippen molar-refractivity contribution in [1.29, 1.82) is 0 Å². The second kappa shape index (κ2) is 11.3. The Hall–Kier alpha value is -6.18. The summed E-state index contributed by atoms with van der Waals surface area (Å²) in [5.74, 6) is 0.396. The predicted octanol–water partition coefficient (Wildman–Crippen LogP) is 13.1. The molecule has 0 aliphatic rings. The van der Waals surface area contributed by atoms with Crippen molar-refractivity contribution < 1.29 is 15.4 Å². The standard InChI is InChI=1S/C46H30O/c1-4-15-31(16-5-1)34-21-14-22-36(29-34)46-45(41-28-27-35(30-42(41)47-46)32-17-6-2-7-18-32)44-39-25-12-10-23-37(39)43(33-19-8-3-9-20-33)38-24-11-13-26-40(38)44/h1-30H/i10D,11D,12D,13D,23D,24D,25D,26D. The van der Waals surface area contributed by atoms with Gasteiger partial charge < -0.3 is 4.42 Å². The van der Waals surface area contributed by atoms with Gasteiger partial charge >= 0.3 is 0 Å². The van der Waals surface area contributed by atoms with Gasteiger partial charge in [0.1, 0.15) is 11.3 Å². The van der Waals surface area contributed by atoms with Crippen LogP contribution in [0.25, 0.3) is 88.3 Å².